The van der Waals surface area contributed by atoms with E-state index in [0.717, 1.165) is 14.8 Å². The summed E-state index contributed by atoms with van der Waals surface area (Å²) in [5, 5.41) is 4.11. The van der Waals surface area contributed by atoms with Crippen LogP contribution < -0.4 is 11.2 Å². The van der Waals surface area contributed by atoms with Gasteiger partial charge in [0.15, 0.2) is 5.79 Å². The number of rotatable bonds is 2. The Balaban J connectivity index is 1.66. The van der Waals surface area contributed by atoms with Gasteiger partial charge in [0.25, 0.3) is 11.5 Å². The van der Waals surface area contributed by atoms with Gasteiger partial charge in [-0.1, -0.05) is 17.7 Å². The van der Waals surface area contributed by atoms with Crippen molar-refractivity contribution >= 4 is 5.91 Å². The van der Waals surface area contributed by atoms with E-state index in [1.54, 1.807) is 17.0 Å². The zero-order chi connectivity index (χ0) is 19.9. The lowest BCUT2D eigenvalue weighted by molar-refractivity contribution is -0.181. The van der Waals surface area contributed by atoms with E-state index in [1.807, 2.05) is 19.1 Å². The van der Waals surface area contributed by atoms with Crippen molar-refractivity contribution < 1.29 is 14.3 Å². The fourth-order valence-electron chi connectivity index (χ4n) is 3.55. The summed E-state index contributed by atoms with van der Waals surface area (Å²) in [4.78, 5) is 39.6. The van der Waals surface area contributed by atoms with Gasteiger partial charge in [0.05, 0.1) is 18.9 Å². The van der Waals surface area contributed by atoms with E-state index in [0.29, 0.717) is 44.8 Å². The molecule has 1 spiro atoms. The van der Waals surface area contributed by atoms with Crippen LogP contribution >= 0.6 is 0 Å². The Morgan fingerprint density at radius 2 is 1.68 bits per heavy atom. The number of aryl methyl sites for hydroxylation is 1. The molecule has 2 aliphatic heterocycles. The van der Waals surface area contributed by atoms with Crippen LogP contribution in [0.15, 0.2) is 33.9 Å². The average Bonchev–Trinajstić information content (AvgIpc) is 3.15. The lowest BCUT2D eigenvalue weighted by Crippen LogP contribution is -2.50. The quantitative estimate of drug-likeness (QED) is 0.733. The molecule has 2 aromatic rings. The van der Waals surface area contributed by atoms with Crippen LogP contribution in [0.2, 0.25) is 0 Å². The van der Waals surface area contributed by atoms with E-state index in [4.69, 9.17) is 9.47 Å². The maximum Gasteiger partial charge on any atom is 0.351 e. The van der Waals surface area contributed by atoms with Gasteiger partial charge in [-0.3, -0.25) is 14.2 Å². The molecule has 2 aliphatic rings. The van der Waals surface area contributed by atoms with E-state index in [-0.39, 0.29) is 5.69 Å². The first-order valence-corrected chi connectivity index (χ1v) is 9.25. The summed E-state index contributed by atoms with van der Waals surface area (Å²) in [6.07, 6.45) is 1.08. The Morgan fingerprint density at radius 3 is 2.29 bits per heavy atom. The topological polar surface area (TPSA) is 95.7 Å². The first-order chi connectivity index (χ1) is 13.4. The summed E-state index contributed by atoms with van der Waals surface area (Å²) in [6, 6.07) is 7.12. The molecule has 4 rings (SSSR count). The molecule has 0 bridgehead atoms. The van der Waals surface area contributed by atoms with Gasteiger partial charge in [-0.25, -0.2) is 4.79 Å². The highest BCUT2D eigenvalue weighted by atomic mass is 16.7. The minimum Gasteiger partial charge on any atom is -0.347 e. The summed E-state index contributed by atoms with van der Waals surface area (Å²) in [6.45, 7) is 3.83. The monoisotopic (exact) mass is 386 g/mol. The van der Waals surface area contributed by atoms with Gasteiger partial charge in [-0.15, -0.1) is 0 Å². The van der Waals surface area contributed by atoms with E-state index >= 15 is 0 Å². The number of piperidine rings is 1. The molecule has 0 radical (unpaired) electrons. The summed E-state index contributed by atoms with van der Waals surface area (Å²) < 4.78 is 13.3. The minimum atomic E-state index is -0.702. The van der Waals surface area contributed by atoms with Gasteiger partial charge in [0.2, 0.25) is 5.69 Å². The third-order valence-electron chi connectivity index (χ3n) is 5.28. The van der Waals surface area contributed by atoms with Crippen LogP contribution in [0.3, 0.4) is 0 Å². The molecule has 2 saturated heterocycles. The molecule has 9 nitrogen and oxygen atoms in total. The van der Waals surface area contributed by atoms with Crippen molar-refractivity contribution in [1.29, 1.82) is 0 Å². The van der Waals surface area contributed by atoms with Crippen molar-refractivity contribution in [1.82, 2.24) is 19.2 Å². The second kappa shape index (κ2) is 6.99. The molecule has 0 atom stereocenters. The van der Waals surface area contributed by atoms with Crippen molar-refractivity contribution in [3.63, 3.8) is 0 Å². The lowest BCUT2D eigenvalue weighted by atomic mass is 10.0. The predicted octanol–water partition coefficient (Wildman–Crippen LogP) is 0.219. The van der Waals surface area contributed by atoms with Crippen molar-refractivity contribution in [2.45, 2.75) is 25.6 Å². The molecule has 3 heterocycles. The van der Waals surface area contributed by atoms with Crippen LogP contribution in [-0.2, 0) is 16.5 Å². The second-order valence-corrected chi connectivity index (χ2v) is 7.14. The maximum atomic E-state index is 13.0. The molecule has 0 saturated carbocycles. The Bertz CT molecular complexity index is 1010. The second-order valence-electron chi connectivity index (χ2n) is 7.14. The van der Waals surface area contributed by atoms with Crippen molar-refractivity contribution in [2.75, 3.05) is 26.3 Å². The van der Waals surface area contributed by atoms with E-state index < -0.39 is 22.9 Å². The molecular formula is C19H22N4O5. The summed E-state index contributed by atoms with van der Waals surface area (Å²) in [7, 11) is 1.35. The van der Waals surface area contributed by atoms with Crippen molar-refractivity contribution in [3.05, 3.63) is 56.4 Å². The highest BCUT2D eigenvalue weighted by molar-refractivity contribution is 5.91. The Morgan fingerprint density at radius 1 is 1.07 bits per heavy atom. The molecule has 1 aromatic carbocycles. The maximum absolute atomic E-state index is 13.0. The normalized spacial score (nSPS) is 18.6. The fraction of sp³-hybridized carbons (Fsp3) is 0.474. The summed E-state index contributed by atoms with van der Waals surface area (Å²) in [5.41, 5.74) is -0.0585. The van der Waals surface area contributed by atoms with Gasteiger partial charge >= 0.3 is 5.69 Å². The van der Waals surface area contributed by atoms with Crippen LogP contribution in [-0.4, -0.2) is 57.2 Å². The van der Waals surface area contributed by atoms with E-state index in [1.165, 1.54) is 7.05 Å². The highest BCUT2D eigenvalue weighted by Gasteiger charge is 2.41. The van der Waals surface area contributed by atoms with Crippen LogP contribution in [0.25, 0.3) is 5.69 Å². The van der Waals surface area contributed by atoms with E-state index in [2.05, 4.69) is 5.10 Å². The zero-order valence-corrected chi connectivity index (χ0v) is 15.9. The van der Waals surface area contributed by atoms with Crippen LogP contribution in [0.1, 0.15) is 28.9 Å². The largest absolute Gasteiger partial charge is 0.351 e. The molecule has 1 aromatic heterocycles. The van der Waals surface area contributed by atoms with Gasteiger partial charge in [-0.05, 0) is 19.1 Å². The summed E-state index contributed by atoms with van der Waals surface area (Å²) in [5.74, 6) is -1.11. The smallest absolute Gasteiger partial charge is 0.347 e. The SMILES string of the molecule is Cc1ccc(-n2nc(C(=O)N3CCC4(CC3)OCCO4)c(=O)n(C)c2=O)cc1. The minimum absolute atomic E-state index is 0.271. The average molecular weight is 386 g/mol. The van der Waals surface area contributed by atoms with Gasteiger partial charge in [-0.2, -0.15) is 9.78 Å². The van der Waals surface area contributed by atoms with Crippen molar-refractivity contribution in [2.24, 2.45) is 7.05 Å². The zero-order valence-electron chi connectivity index (χ0n) is 15.9. The Labute approximate surface area is 161 Å². The molecule has 148 valence electrons. The van der Waals surface area contributed by atoms with Crippen molar-refractivity contribution in [3.8, 4) is 5.69 Å². The summed E-state index contributed by atoms with van der Waals surface area (Å²) >= 11 is 0. The number of hydrogen-bond acceptors (Lipinski definition) is 6. The van der Waals surface area contributed by atoms with Crippen LogP contribution in [0, 0.1) is 6.92 Å². The van der Waals surface area contributed by atoms with E-state index in [9.17, 15) is 14.4 Å². The number of amides is 1. The molecular weight excluding hydrogens is 364 g/mol. The number of nitrogens with zero attached hydrogens (tertiary/aromatic N) is 4. The Kier molecular flexibility index (Phi) is 4.64. The number of carbonyl (C=O) groups excluding carboxylic acids is 1. The third kappa shape index (κ3) is 3.16. The molecule has 0 aliphatic carbocycles. The highest BCUT2D eigenvalue weighted by Crippen LogP contribution is 2.31. The van der Waals surface area contributed by atoms with Crippen LogP contribution in [0.4, 0.5) is 0 Å². The number of benzene rings is 1. The third-order valence-corrected chi connectivity index (χ3v) is 5.28. The number of carbonyl (C=O) groups is 1. The number of likely N-dealkylation sites (tertiary alicyclic amines) is 1. The predicted molar refractivity (Wildman–Crippen MR) is 99.6 cm³/mol. The molecule has 2 fully saturated rings. The van der Waals surface area contributed by atoms with Gasteiger partial charge in [0.1, 0.15) is 0 Å². The number of hydrogen-bond donors (Lipinski definition) is 0. The first kappa shape index (κ1) is 18.6. The molecule has 0 N–H and O–H groups in total. The Hall–Kier alpha value is -2.78. The van der Waals surface area contributed by atoms with Gasteiger partial charge in [0, 0.05) is 33.0 Å². The number of ether oxygens (including phenoxy) is 2. The fourth-order valence-corrected chi connectivity index (χ4v) is 3.55. The standard InChI is InChI=1S/C19H22N4O5/c1-13-3-5-14(6-4-13)23-18(26)21(2)16(24)15(20-23)17(25)22-9-7-19(8-10-22)27-11-12-28-19/h3-6H,7-12H2,1-2H3. The molecule has 9 heteroatoms. The molecule has 1 amide bonds. The molecule has 0 unspecified atom stereocenters. The lowest BCUT2D eigenvalue weighted by Gasteiger charge is -2.37. The first-order valence-electron chi connectivity index (χ1n) is 9.25. The van der Waals surface area contributed by atoms with Crippen LogP contribution in [0.5, 0.6) is 0 Å². The molecule has 28 heavy (non-hydrogen) atoms. The number of aromatic nitrogens is 3. The van der Waals surface area contributed by atoms with Gasteiger partial charge < -0.3 is 14.4 Å².